The van der Waals surface area contributed by atoms with Gasteiger partial charge in [-0.1, -0.05) is 27.4 Å². The van der Waals surface area contributed by atoms with Gasteiger partial charge in [0.05, 0.1) is 0 Å². The van der Waals surface area contributed by atoms with Crippen LogP contribution in [0, 0.1) is 5.92 Å². The Morgan fingerprint density at radius 2 is 1.82 bits per heavy atom. The molecule has 1 atom stereocenters. The van der Waals surface area contributed by atoms with E-state index in [1.54, 1.807) is 6.92 Å². The molecular weight excluding hydrogens is 236 g/mol. The first-order chi connectivity index (χ1) is 7.41. The molecule has 0 aromatic carbocycles. The van der Waals surface area contributed by atoms with E-state index in [9.17, 15) is 4.79 Å². The summed E-state index contributed by atoms with van der Waals surface area (Å²) in [6.45, 7) is 12.3. The van der Waals surface area contributed by atoms with Crippen molar-refractivity contribution in [2.45, 2.75) is 52.5 Å². The second-order valence-corrected chi connectivity index (χ2v) is 4.54. The fraction of sp³-hybridized carbons (Fsp3) is 0.769. The Balaban J connectivity index is 0. The summed E-state index contributed by atoms with van der Waals surface area (Å²) in [5.74, 6) is 0.249. The Hall–Kier alpha value is -0.540. The van der Waals surface area contributed by atoms with Crippen molar-refractivity contribution in [3.05, 3.63) is 12.2 Å². The number of nitrogens with two attached hydrogens (primary N) is 1. The maximum atomic E-state index is 11.4. The van der Waals surface area contributed by atoms with Gasteiger partial charge in [0.2, 0.25) is 5.91 Å². The molecule has 0 heterocycles. The molecule has 102 valence electrons. The Morgan fingerprint density at radius 3 is 2.12 bits per heavy atom. The Kier molecular flexibility index (Phi) is 9.45. The highest BCUT2D eigenvalue weighted by molar-refractivity contribution is 5.92. The predicted octanol–water partition coefficient (Wildman–Crippen LogP) is 2.64. The van der Waals surface area contributed by atoms with Crippen LogP contribution in [0.5, 0.6) is 0 Å². The molecule has 1 unspecified atom stereocenters. The van der Waals surface area contributed by atoms with E-state index in [-0.39, 0.29) is 23.9 Å². The largest absolute Gasteiger partial charge is 0.352 e. The van der Waals surface area contributed by atoms with Crippen LogP contribution in [-0.2, 0) is 4.79 Å². The molecule has 0 aliphatic heterocycles. The SMILES string of the molecule is C=C(C)C(=O)NCC(CC)C(N)(CC)CC.Cl. The van der Waals surface area contributed by atoms with Crippen molar-refractivity contribution in [2.75, 3.05) is 6.54 Å². The van der Waals surface area contributed by atoms with Crippen LogP contribution >= 0.6 is 12.4 Å². The maximum Gasteiger partial charge on any atom is 0.246 e. The highest BCUT2D eigenvalue weighted by Crippen LogP contribution is 2.24. The van der Waals surface area contributed by atoms with Crippen LogP contribution in [-0.4, -0.2) is 18.0 Å². The summed E-state index contributed by atoms with van der Waals surface area (Å²) in [7, 11) is 0. The van der Waals surface area contributed by atoms with Crippen molar-refractivity contribution in [1.29, 1.82) is 0 Å². The first kappa shape index (κ1) is 18.8. The van der Waals surface area contributed by atoms with Gasteiger partial charge in [-0.3, -0.25) is 4.79 Å². The summed E-state index contributed by atoms with van der Waals surface area (Å²) >= 11 is 0. The van der Waals surface area contributed by atoms with Gasteiger partial charge in [-0.25, -0.2) is 0 Å². The molecule has 0 aromatic rings. The van der Waals surface area contributed by atoms with E-state index in [1.807, 2.05) is 0 Å². The Bertz CT molecular complexity index is 250. The zero-order chi connectivity index (χ0) is 12.8. The standard InChI is InChI=1S/C13H26N2O.ClH/c1-6-11(13(14,7-2)8-3)9-15-12(16)10(4)5;/h11H,4,6-9,14H2,1-3,5H3,(H,15,16);1H. The number of rotatable bonds is 7. The van der Waals surface area contributed by atoms with E-state index in [4.69, 9.17) is 5.73 Å². The fourth-order valence-electron chi connectivity index (χ4n) is 1.95. The second kappa shape index (κ2) is 8.54. The number of nitrogens with one attached hydrogen (secondary N) is 1. The third-order valence-electron chi connectivity index (χ3n) is 3.52. The summed E-state index contributed by atoms with van der Waals surface area (Å²) < 4.78 is 0. The maximum absolute atomic E-state index is 11.4. The average Bonchev–Trinajstić information content (AvgIpc) is 2.28. The lowest BCUT2D eigenvalue weighted by molar-refractivity contribution is -0.117. The van der Waals surface area contributed by atoms with Crippen LogP contribution in [0.15, 0.2) is 12.2 Å². The van der Waals surface area contributed by atoms with Gasteiger partial charge in [-0.05, 0) is 32.1 Å². The Labute approximate surface area is 112 Å². The van der Waals surface area contributed by atoms with Crippen LogP contribution in [0.25, 0.3) is 0 Å². The van der Waals surface area contributed by atoms with Crippen molar-refractivity contribution in [1.82, 2.24) is 5.32 Å². The van der Waals surface area contributed by atoms with Crippen LogP contribution in [0.3, 0.4) is 0 Å². The first-order valence-corrected chi connectivity index (χ1v) is 6.13. The number of halogens is 1. The molecule has 0 spiro atoms. The van der Waals surface area contributed by atoms with Gasteiger partial charge < -0.3 is 11.1 Å². The zero-order valence-corrected chi connectivity index (χ0v) is 12.3. The van der Waals surface area contributed by atoms with Gasteiger partial charge in [0.25, 0.3) is 0 Å². The number of hydrogen-bond donors (Lipinski definition) is 2. The van der Waals surface area contributed by atoms with Crippen molar-refractivity contribution in [3.63, 3.8) is 0 Å². The van der Waals surface area contributed by atoms with Crippen LogP contribution < -0.4 is 11.1 Å². The zero-order valence-electron chi connectivity index (χ0n) is 11.5. The molecule has 0 bridgehead atoms. The minimum absolute atomic E-state index is 0. The summed E-state index contributed by atoms with van der Waals surface area (Å²) in [6, 6.07) is 0. The molecule has 17 heavy (non-hydrogen) atoms. The highest BCUT2D eigenvalue weighted by Gasteiger charge is 2.30. The average molecular weight is 263 g/mol. The van der Waals surface area contributed by atoms with Crippen LogP contribution in [0.1, 0.15) is 47.0 Å². The second-order valence-electron chi connectivity index (χ2n) is 4.54. The first-order valence-electron chi connectivity index (χ1n) is 6.13. The molecule has 0 saturated heterocycles. The topological polar surface area (TPSA) is 55.1 Å². The van der Waals surface area contributed by atoms with E-state index in [1.165, 1.54) is 0 Å². The van der Waals surface area contributed by atoms with Crippen molar-refractivity contribution in [3.8, 4) is 0 Å². The van der Waals surface area contributed by atoms with Gasteiger partial charge in [-0.15, -0.1) is 12.4 Å². The molecule has 4 heteroatoms. The lowest BCUT2D eigenvalue weighted by Crippen LogP contribution is -2.50. The smallest absolute Gasteiger partial charge is 0.246 e. The molecule has 1 amide bonds. The van der Waals surface area contributed by atoms with Gasteiger partial charge in [0, 0.05) is 17.7 Å². The van der Waals surface area contributed by atoms with Crippen LogP contribution in [0.4, 0.5) is 0 Å². The predicted molar refractivity (Wildman–Crippen MR) is 76.4 cm³/mol. The van der Waals surface area contributed by atoms with Crippen molar-refractivity contribution >= 4 is 18.3 Å². The number of amides is 1. The minimum atomic E-state index is -0.170. The molecule has 0 aromatic heterocycles. The van der Waals surface area contributed by atoms with Gasteiger partial charge in [0.1, 0.15) is 0 Å². The van der Waals surface area contributed by atoms with Gasteiger partial charge in [-0.2, -0.15) is 0 Å². The molecular formula is C13H27ClN2O. The molecule has 3 N–H and O–H groups in total. The normalized spacial score (nSPS) is 12.5. The quantitative estimate of drug-likeness (QED) is 0.693. The molecule has 0 fully saturated rings. The van der Waals surface area contributed by atoms with Gasteiger partial charge in [0.15, 0.2) is 0 Å². The van der Waals surface area contributed by atoms with Gasteiger partial charge >= 0.3 is 0 Å². The molecule has 0 aliphatic carbocycles. The van der Waals surface area contributed by atoms with E-state index in [0.29, 0.717) is 18.0 Å². The minimum Gasteiger partial charge on any atom is -0.352 e. The summed E-state index contributed by atoms with van der Waals surface area (Å²) in [6.07, 6.45) is 2.85. The fourth-order valence-corrected chi connectivity index (χ4v) is 1.95. The van der Waals surface area contributed by atoms with Crippen LogP contribution in [0.2, 0.25) is 0 Å². The van der Waals surface area contributed by atoms with E-state index >= 15 is 0 Å². The van der Waals surface area contributed by atoms with E-state index in [0.717, 1.165) is 19.3 Å². The highest BCUT2D eigenvalue weighted by atomic mass is 35.5. The third kappa shape index (κ3) is 5.55. The monoisotopic (exact) mass is 262 g/mol. The summed E-state index contributed by atoms with van der Waals surface area (Å²) in [5, 5.41) is 2.89. The van der Waals surface area contributed by atoms with Crippen molar-refractivity contribution < 1.29 is 4.79 Å². The van der Waals surface area contributed by atoms with Crippen molar-refractivity contribution in [2.24, 2.45) is 11.7 Å². The number of hydrogen-bond acceptors (Lipinski definition) is 2. The number of carbonyl (C=O) groups excluding carboxylic acids is 1. The van der Waals surface area contributed by atoms with E-state index < -0.39 is 0 Å². The molecule has 0 saturated carbocycles. The molecule has 3 nitrogen and oxygen atoms in total. The molecule has 0 radical (unpaired) electrons. The third-order valence-corrected chi connectivity index (χ3v) is 3.52. The summed E-state index contributed by atoms with van der Waals surface area (Å²) in [4.78, 5) is 11.4. The lowest BCUT2D eigenvalue weighted by atomic mass is 9.78. The summed E-state index contributed by atoms with van der Waals surface area (Å²) in [5.41, 5.74) is 6.72. The molecule has 0 aliphatic rings. The lowest BCUT2D eigenvalue weighted by Gasteiger charge is -2.35. The molecule has 0 rings (SSSR count). The van der Waals surface area contributed by atoms with E-state index in [2.05, 4.69) is 32.7 Å². The Morgan fingerprint density at radius 1 is 1.35 bits per heavy atom. The number of carbonyl (C=O) groups is 1.